The van der Waals surface area contributed by atoms with Crippen LogP contribution in [0.25, 0.3) is 0 Å². The first kappa shape index (κ1) is 13.4. The van der Waals surface area contributed by atoms with Crippen molar-refractivity contribution < 1.29 is 4.79 Å². The van der Waals surface area contributed by atoms with E-state index in [4.69, 9.17) is 5.73 Å². The van der Waals surface area contributed by atoms with Gasteiger partial charge in [0.05, 0.1) is 6.04 Å². The second-order valence-corrected chi connectivity index (χ2v) is 5.18. The monoisotopic (exact) mass is 232 g/mol. The minimum absolute atomic E-state index is 0.0575. The third kappa shape index (κ3) is 3.70. The summed E-state index contributed by atoms with van der Waals surface area (Å²) < 4.78 is 0. The zero-order chi connectivity index (χ0) is 13.1. The van der Waals surface area contributed by atoms with Gasteiger partial charge in [-0.05, 0) is 12.5 Å². The minimum Gasteiger partial charge on any atom is -0.365 e. The number of carbonyl (C=O) groups is 1. The summed E-state index contributed by atoms with van der Waals surface area (Å²) in [4.78, 5) is 15.9. The van der Waals surface area contributed by atoms with Crippen molar-refractivity contribution in [2.45, 2.75) is 33.7 Å². The molecule has 1 rings (SSSR count). The molecule has 1 unspecified atom stereocenters. The maximum atomic E-state index is 11.4. The summed E-state index contributed by atoms with van der Waals surface area (Å²) in [5.74, 6) is -0.444. The smallest absolute Gasteiger partial charge is 0.263 e. The standard InChI is InChI=1S/C14H20N2O/c1-10(11-8-6-5-7-9-11)16-12(13(15)17)14(2,3)4/h5-10H,1-4H3,(H2,15,17). The van der Waals surface area contributed by atoms with Crippen molar-refractivity contribution in [2.24, 2.45) is 16.1 Å². The fourth-order valence-electron chi connectivity index (χ4n) is 1.63. The molecular formula is C14H20N2O. The lowest BCUT2D eigenvalue weighted by atomic mass is 9.89. The van der Waals surface area contributed by atoms with Crippen LogP contribution < -0.4 is 5.73 Å². The van der Waals surface area contributed by atoms with Crippen LogP contribution in [0.15, 0.2) is 35.3 Å². The topological polar surface area (TPSA) is 55.4 Å². The first-order valence-corrected chi connectivity index (χ1v) is 5.75. The molecule has 3 nitrogen and oxygen atoms in total. The second kappa shape index (κ2) is 5.13. The van der Waals surface area contributed by atoms with Crippen LogP contribution in [-0.2, 0) is 4.79 Å². The maximum Gasteiger partial charge on any atom is 0.263 e. The van der Waals surface area contributed by atoms with Gasteiger partial charge in [-0.15, -0.1) is 0 Å². The Morgan fingerprint density at radius 1 is 1.24 bits per heavy atom. The minimum atomic E-state index is -0.444. The van der Waals surface area contributed by atoms with Gasteiger partial charge in [-0.1, -0.05) is 51.1 Å². The Labute approximate surface area is 103 Å². The van der Waals surface area contributed by atoms with E-state index in [0.717, 1.165) is 5.56 Å². The molecule has 0 spiro atoms. The van der Waals surface area contributed by atoms with E-state index in [1.165, 1.54) is 0 Å². The number of primary amides is 1. The molecule has 2 N–H and O–H groups in total. The Morgan fingerprint density at radius 2 is 1.76 bits per heavy atom. The molecule has 0 aliphatic heterocycles. The summed E-state index contributed by atoms with van der Waals surface area (Å²) in [6.07, 6.45) is 0. The summed E-state index contributed by atoms with van der Waals surface area (Å²) in [6.45, 7) is 7.78. The molecule has 0 saturated heterocycles. The van der Waals surface area contributed by atoms with E-state index in [1.807, 2.05) is 58.0 Å². The molecule has 0 fully saturated rings. The van der Waals surface area contributed by atoms with Crippen LogP contribution >= 0.6 is 0 Å². The summed E-state index contributed by atoms with van der Waals surface area (Å²) >= 11 is 0. The third-order valence-corrected chi connectivity index (χ3v) is 2.55. The fraction of sp³-hybridized carbons (Fsp3) is 0.429. The molecule has 0 heterocycles. The van der Waals surface area contributed by atoms with E-state index >= 15 is 0 Å². The third-order valence-electron chi connectivity index (χ3n) is 2.55. The van der Waals surface area contributed by atoms with Crippen molar-refractivity contribution in [3.63, 3.8) is 0 Å². The number of benzene rings is 1. The zero-order valence-electron chi connectivity index (χ0n) is 10.9. The highest BCUT2D eigenvalue weighted by atomic mass is 16.1. The van der Waals surface area contributed by atoms with Crippen LogP contribution in [0.1, 0.15) is 39.3 Å². The van der Waals surface area contributed by atoms with Gasteiger partial charge in [-0.2, -0.15) is 0 Å². The quantitative estimate of drug-likeness (QED) is 0.800. The van der Waals surface area contributed by atoms with Gasteiger partial charge in [0.15, 0.2) is 0 Å². The van der Waals surface area contributed by atoms with Gasteiger partial charge in [-0.3, -0.25) is 9.79 Å². The Balaban J connectivity index is 3.04. The normalized spacial score (nSPS) is 14.5. The van der Waals surface area contributed by atoms with Gasteiger partial charge in [0.2, 0.25) is 0 Å². The molecule has 0 radical (unpaired) electrons. The zero-order valence-corrected chi connectivity index (χ0v) is 10.9. The number of hydrogen-bond acceptors (Lipinski definition) is 2. The van der Waals surface area contributed by atoms with Gasteiger partial charge >= 0.3 is 0 Å². The molecule has 1 aromatic carbocycles. The Hall–Kier alpha value is -1.64. The van der Waals surface area contributed by atoms with E-state index in [0.29, 0.717) is 5.71 Å². The molecule has 17 heavy (non-hydrogen) atoms. The Kier molecular flexibility index (Phi) is 4.05. The lowest BCUT2D eigenvalue weighted by Gasteiger charge is -2.20. The predicted octanol–water partition coefficient (Wildman–Crippen LogP) is 2.72. The van der Waals surface area contributed by atoms with E-state index in [-0.39, 0.29) is 11.5 Å². The van der Waals surface area contributed by atoms with E-state index in [9.17, 15) is 4.79 Å². The van der Waals surface area contributed by atoms with Gasteiger partial charge in [-0.25, -0.2) is 0 Å². The van der Waals surface area contributed by atoms with Crippen LogP contribution in [-0.4, -0.2) is 11.6 Å². The van der Waals surface area contributed by atoms with Gasteiger partial charge in [0.1, 0.15) is 5.71 Å². The van der Waals surface area contributed by atoms with Crippen molar-refractivity contribution in [3.05, 3.63) is 35.9 Å². The number of aliphatic imine (C=N–C) groups is 1. The average molecular weight is 232 g/mol. The van der Waals surface area contributed by atoms with Crippen molar-refractivity contribution >= 4 is 11.6 Å². The molecule has 0 bridgehead atoms. The number of nitrogens with two attached hydrogens (primary N) is 1. The SMILES string of the molecule is CC(N=C(C(N)=O)C(C)(C)C)c1ccccc1. The van der Waals surface area contributed by atoms with Crippen LogP contribution in [0.5, 0.6) is 0 Å². The summed E-state index contributed by atoms with van der Waals surface area (Å²) in [7, 11) is 0. The van der Waals surface area contributed by atoms with Crippen LogP contribution in [0.4, 0.5) is 0 Å². The van der Waals surface area contributed by atoms with Gasteiger partial charge in [0, 0.05) is 5.41 Å². The molecule has 3 heteroatoms. The Bertz CT molecular complexity index is 416. The number of amides is 1. The predicted molar refractivity (Wildman–Crippen MR) is 70.9 cm³/mol. The molecule has 1 atom stereocenters. The lowest BCUT2D eigenvalue weighted by Crippen LogP contribution is -2.34. The molecule has 1 amide bonds. The second-order valence-electron chi connectivity index (χ2n) is 5.18. The van der Waals surface area contributed by atoms with Crippen molar-refractivity contribution in [2.75, 3.05) is 0 Å². The summed E-state index contributed by atoms with van der Waals surface area (Å²) in [5.41, 5.74) is 6.57. The van der Waals surface area contributed by atoms with Crippen LogP contribution in [0.2, 0.25) is 0 Å². The molecule has 0 saturated carbocycles. The maximum absolute atomic E-state index is 11.4. The van der Waals surface area contributed by atoms with Crippen molar-refractivity contribution in [1.82, 2.24) is 0 Å². The highest BCUT2D eigenvalue weighted by Crippen LogP contribution is 2.22. The van der Waals surface area contributed by atoms with Crippen LogP contribution in [0, 0.1) is 5.41 Å². The van der Waals surface area contributed by atoms with Crippen LogP contribution in [0.3, 0.4) is 0 Å². The average Bonchev–Trinajstić information content (AvgIpc) is 2.24. The lowest BCUT2D eigenvalue weighted by molar-refractivity contribution is -0.112. The number of carbonyl (C=O) groups excluding carboxylic acids is 1. The Morgan fingerprint density at radius 3 is 2.18 bits per heavy atom. The number of rotatable bonds is 3. The fourth-order valence-corrected chi connectivity index (χ4v) is 1.63. The summed E-state index contributed by atoms with van der Waals surface area (Å²) in [5, 5.41) is 0. The molecule has 1 aromatic rings. The van der Waals surface area contributed by atoms with Crippen molar-refractivity contribution in [3.8, 4) is 0 Å². The molecule has 92 valence electrons. The van der Waals surface area contributed by atoms with E-state index in [2.05, 4.69) is 4.99 Å². The first-order valence-electron chi connectivity index (χ1n) is 5.75. The van der Waals surface area contributed by atoms with Gasteiger partial charge in [0.25, 0.3) is 5.91 Å². The molecule has 0 aromatic heterocycles. The number of nitrogens with zero attached hydrogens (tertiary/aromatic N) is 1. The molecule has 0 aliphatic carbocycles. The molecular weight excluding hydrogens is 212 g/mol. The number of hydrogen-bond donors (Lipinski definition) is 1. The molecule has 0 aliphatic rings. The van der Waals surface area contributed by atoms with Crippen molar-refractivity contribution in [1.29, 1.82) is 0 Å². The van der Waals surface area contributed by atoms with E-state index in [1.54, 1.807) is 0 Å². The van der Waals surface area contributed by atoms with Gasteiger partial charge < -0.3 is 5.73 Å². The van der Waals surface area contributed by atoms with E-state index < -0.39 is 5.91 Å². The summed E-state index contributed by atoms with van der Waals surface area (Å²) in [6, 6.07) is 9.81. The first-order chi connectivity index (χ1) is 7.82. The largest absolute Gasteiger partial charge is 0.365 e. The highest BCUT2D eigenvalue weighted by molar-refractivity contribution is 6.40. The highest BCUT2D eigenvalue weighted by Gasteiger charge is 2.24.